The van der Waals surface area contributed by atoms with E-state index in [9.17, 15) is 31.1 Å². The second kappa shape index (κ2) is 4.45. The fraction of sp³-hybridized carbons (Fsp3) is 0. The van der Waals surface area contributed by atoms with E-state index >= 15 is 0 Å². The summed E-state index contributed by atoms with van der Waals surface area (Å²) in [6.07, 6.45) is 0.454. The smallest absolute Gasteiger partial charge is 0.248 e. The van der Waals surface area contributed by atoms with Crippen LogP contribution in [0, 0.1) is 34.9 Å². The van der Waals surface area contributed by atoms with Crippen LogP contribution in [-0.4, -0.2) is 4.98 Å². The Kier molecular flexibility index (Phi) is 3.09. The lowest BCUT2D eigenvalue weighted by Crippen LogP contribution is -2.09. The van der Waals surface area contributed by atoms with Crippen LogP contribution in [0.1, 0.15) is 0 Å². The first-order valence-electron chi connectivity index (χ1n) is 4.74. The van der Waals surface area contributed by atoms with E-state index in [0.717, 1.165) is 0 Å². The largest absolute Gasteiger partial charge is 0.326 e. The number of hydrogen-bond donors (Lipinski definition) is 1. The second-order valence-corrected chi connectivity index (χ2v) is 3.50. The van der Waals surface area contributed by atoms with Crippen molar-refractivity contribution >= 4 is 0 Å². The van der Waals surface area contributed by atoms with Gasteiger partial charge in [-0.2, -0.15) is 0 Å². The van der Waals surface area contributed by atoms with E-state index in [1.54, 1.807) is 0 Å². The summed E-state index contributed by atoms with van der Waals surface area (Å²) in [4.78, 5) is 12.8. The van der Waals surface area contributed by atoms with Crippen molar-refractivity contribution in [3.8, 4) is 11.1 Å². The normalized spacial score (nSPS) is 10.8. The number of halogens is 6. The number of H-pyrrole nitrogens is 1. The number of aromatic amines is 1. The third-order valence-electron chi connectivity index (χ3n) is 2.35. The molecule has 0 aliphatic heterocycles. The molecule has 1 heterocycles. The van der Waals surface area contributed by atoms with Crippen molar-refractivity contribution < 1.29 is 26.3 Å². The maximum absolute atomic E-state index is 13.4. The van der Waals surface area contributed by atoms with E-state index < -0.39 is 51.6 Å². The first kappa shape index (κ1) is 13.2. The predicted octanol–water partition coefficient (Wildman–Crippen LogP) is 2.88. The van der Waals surface area contributed by atoms with Crippen molar-refractivity contribution in [2.75, 3.05) is 0 Å². The van der Waals surface area contributed by atoms with Crippen LogP contribution in [0.3, 0.4) is 0 Å². The van der Waals surface area contributed by atoms with E-state index in [2.05, 4.69) is 0 Å². The van der Waals surface area contributed by atoms with Crippen molar-refractivity contribution in [2.24, 2.45) is 0 Å². The van der Waals surface area contributed by atoms with Gasteiger partial charge in [0.1, 0.15) is 5.82 Å². The summed E-state index contributed by atoms with van der Waals surface area (Å²) < 4.78 is 78.8. The Labute approximate surface area is 101 Å². The van der Waals surface area contributed by atoms with Crippen molar-refractivity contribution in [2.45, 2.75) is 0 Å². The van der Waals surface area contributed by atoms with E-state index in [0.29, 0.717) is 12.3 Å². The third kappa shape index (κ3) is 1.98. The van der Waals surface area contributed by atoms with Gasteiger partial charge in [-0.15, -0.1) is 0 Å². The standard InChI is InChI=1S/C11H3F6NO/c12-4-2-18-5(19)1-3(4)6-7(13)9(15)11(17)10(16)8(6)14/h1-2H,(H,18,19). The molecule has 0 fully saturated rings. The van der Waals surface area contributed by atoms with Crippen LogP contribution in [0.4, 0.5) is 26.3 Å². The van der Waals surface area contributed by atoms with Gasteiger partial charge in [-0.3, -0.25) is 4.79 Å². The molecule has 0 saturated carbocycles. The molecule has 0 amide bonds. The molecule has 1 aromatic heterocycles. The van der Waals surface area contributed by atoms with E-state index in [-0.39, 0.29) is 0 Å². The number of aromatic nitrogens is 1. The summed E-state index contributed by atoms with van der Waals surface area (Å²) in [5.74, 6) is -12.5. The molecule has 1 aromatic carbocycles. The molecular weight excluding hydrogens is 276 g/mol. The first-order chi connectivity index (χ1) is 8.84. The molecule has 0 radical (unpaired) electrons. The van der Waals surface area contributed by atoms with Gasteiger partial charge in [-0.05, 0) is 0 Å². The van der Waals surface area contributed by atoms with Crippen LogP contribution in [-0.2, 0) is 0 Å². The van der Waals surface area contributed by atoms with Gasteiger partial charge in [0.15, 0.2) is 23.3 Å². The van der Waals surface area contributed by atoms with Gasteiger partial charge in [-0.1, -0.05) is 0 Å². The van der Waals surface area contributed by atoms with Gasteiger partial charge in [0.05, 0.1) is 5.56 Å². The van der Waals surface area contributed by atoms with Crippen LogP contribution in [0.25, 0.3) is 11.1 Å². The quantitative estimate of drug-likeness (QED) is 0.486. The van der Waals surface area contributed by atoms with Crippen molar-refractivity contribution in [3.05, 3.63) is 57.5 Å². The highest BCUT2D eigenvalue weighted by Gasteiger charge is 2.28. The zero-order valence-electron chi connectivity index (χ0n) is 8.83. The maximum atomic E-state index is 13.4. The molecule has 0 atom stereocenters. The number of nitrogens with one attached hydrogen (secondary N) is 1. The zero-order chi connectivity index (χ0) is 14.3. The van der Waals surface area contributed by atoms with Crippen molar-refractivity contribution in [3.63, 3.8) is 0 Å². The average Bonchev–Trinajstić information content (AvgIpc) is 2.38. The lowest BCUT2D eigenvalue weighted by molar-refractivity contribution is 0.381. The minimum absolute atomic E-state index is 0.396. The van der Waals surface area contributed by atoms with Crippen LogP contribution >= 0.6 is 0 Å². The number of hydrogen-bond acceptors (Lipinski definition) is 1. The minimum Gasteiger partial charge on any atom is -0.326 e. The Morgan fingerprint density at radius 2 is 1.26 bits per heavy atom. The Morgan fingerprint density at radius 3 is 1.79 bits per heavy atom. The Hall–Kier alpha value is -2.25. The monoisotopic (exact) mass is 279 g/mol. The highest BCUT2D eigenvalue weighted by atomic mass is 19.2. The highest BCUT2D eigenvalue weighted by Crippen LogP contribution is 2.31. The summed E-state index contributed by atoms with van der Waals surface area (Å²) >= 11 is 0. The van der Waals surface area contributed by atoms with E-state index in [1.807, 2.05) is 4.98 Å². The van der Waals surface area contributed by atoms with E-state index in [1.165, 1.54) is 0 Å². The molecule has 2 rings (SSSR count). The van der Waals surface area contributed by atoms with Crippen LogP contribution < -0.4 is 5.56 Å². The number of benzene rings is 1. The van der Waals surface area contributed by atoms with Gasteiger partial charge in [0, 0.05) is 17.8 Å². The first-order valence-corrected chi connectivity index (χ1v) is 4.74. The molecule has 0 aliphatic carbocycles. The zero-order valence-corrected chi connectivity index (χ0v) is 8.83. The fourth-order valence-electron chi connectivity index (χ4n) is 1.49. The van der Waals surface area contributed by atoms with Gasteiger partial charge >= 0.3 is 0 Å². The molecule has 0 saturated heterocycles. The third-order valence-corrected chi connectivity index (χ3v) is 2.35. The molecule has 0 aliphatic rings. The average molecular weight is 279 g/mol. The second-order valence-electron chi connectivity index (χ2n) is 3.50. The Bertz CT molecular complexity index is 695. The number of rotatable bonds is 1. The van der Waals surface area contributed by atoms with E-state index in [4.69, 9.17) is 0 Å². The highest BCUT2D eigenvalue weighted by molar-refractivity contribution is 5.65. The molecule has 2 nitrogen and oxygen atoms in total. The van der Waals surface area contributed by atoms with Crippen LogP contribution in [0.5, 0.6) is 0 Å². The Balaban J connectivity index is 2.91. The molecule has 2 aromatic rings. The molecular formula is C11H3F6NO. The molecule has 19 heavy (non-hydrogen) atoms. The molecule has 0 bridgehead atoms. The van der Waals surface area contributed by atoms with Crippen molar-refractivity contribution in [1.29, 1.82) is 0 Å². The van der Waals surface area contributed by atoms with Gasteiger partial charge in [0.25, 0.3) is 0 Å². The SMILES string of the molecule is O=c1cc(-c2c(F)c(F)c(F)c(F)c2F)c(F)c[nH]1. The van der Waals surface area contributed by atoms with Gasteiger partial charge in [-0.25, -0.2) is 26.3 Å². The summed E-state index contributed by atoms with van der Waals surface area (Å²) in [7, 11) is 0. The molecule has 0 unspecified atom stereocenters. The molecule has 1 N–H and O–H groups in total. The topological polar surface area (TPSA) is 32.9 Å². The summed E-state index contributed by atoms with van der Waals surface area (Å²) in [6, 6.07) is 0.396. The molecule has 0 spiro atoms. The number of pyridine rings is 1. The lowest BCUT2D eigenvalue weighted by Gasteiger charge is -2.08. The lowest BCUT2D eigenvalue weighted by atomic mass is 10.0. The summed E-state index contributed by atoms with van der Waals surface area (Å²) in [6.45, 7) is 0. The minimum atomic E-state index is -2.36. The van der Waals surface area contributed by atoms with Crippen LogP contribution in [0.15, 0.2) is 17.1 Å². The van der Waals surface area contributed by atoms with Gasteiger partial charge in [0.2, 0.25) is 11.4 Å². The summed E-state index contributed by atoms with van der Waals surface area (Å²) in [5.41, 5.74) is -3.46. The predicted molar refractivity (Wildman–Crippen MR) is 52.2 cm³/mol. The van der Waals surface area contributed by atoms with Crippen LogP contribution in [0.2, 0.25) is 0 Å². The molecule has 8 heteroatoms. The molecule has 100 valence electrons. The van der Waals surface area contributed by atoms with Gasteiger partial charge < -0.3 is 4.98 Å². The summed E-state index contributed by atoms with van der Waals surface area (Å²) in [5, 5.41) is 0. The Morgan fingerprint density at radius 1 is 0.789 bits per heavy atom. The fourth-order valence-corrected chi connectivity index (χ4v) is 1.49. The maximum Gasteiger partial charge on any atom is 0.248 e. The van der Waals surface area contributed by atoms with Crippen molar-refractivity contribution in [1.82, 2.24) is 4.98 Å².